The van der Waals surface area contributed by atoms with Crippen molar-refractivity contribution in [2.45, 2.75) is 26.3 Å². The van der Waals surface area contributed by atoms with Crippen LogP contribution in [-0.2, 0) is 4.74 Å². The summed E-state index contributed by atoms with van der Waals surface area (Å²) in [7, 11) is 0. The largest absolute Gasteiger partial charge is 0.450 e. The van der Waals surface area contributed by atoms with Crippen LogP contribution in [0.25, 0.3) is 11.0 Å². The van der Waals surface area contributed by atoms with Crippen molar-refractivity contribution in [2.24, 2.45) is 0 Å². The minimum Gasteiger partial charge on any atom is -0.450 e. The maximum Gasteiger partial charge on any atom is 0.290 e. The van der Waals surface area contributed by atoms with Crippen LogP contribution in [0.2, 0.25) is 0 Å². The van der Waals surface area contributed by atoms with Crippen molar-refractivity contribution in [3.8, 4) is 0 Å². The van der Waals surface area contributed by atoms with Gasteiger partial charge in [0.25, 0.3) is 5.91 Å². The second-order valence-corrected chi connectivity index (χ2v) is 7.03. The normalized spacial score (nSPS) is 16.0. The number of benzene rings is 2. The summed E-state index contributed by atoms with van der Waals surface area (Å²) in [6.45, 7) is 5.66. The lowest BCUT2D eigenvalue weighted by Crippen LogP contribution is -2.31. The van der Waals surface area contributed by atoms with E-state index in [4.69, 9.17) is 9.15 Å². The molecule has 0 fully saturated rings. The first-order chi connectivity index (χ1) is 13.6. The average molecular weight is 377 g/mol. The monoisotopic (exact) mass is 377 g/mol. The van der Waals surface area contributed by atoms with E-state index < -0.39 is 6.04 Å². The molecule has 1 unspecified atom stereocenters. The fraction of sp³-hybridized carbons (Fsp3) is 0.304. The first kappa shape index (κ1) is 18.4. The fourth-order valence-electron chi connectivity index (χ4n) is 3.77. The number of amides is 1. The molecule has 4 rings (SSSR count). The zero-order chi connectivity index (χ0) is 19.7. The van der Waals surface area contributed by atoms with Crippen LogP contribution in [0, 0.1) is 6.92 Å². The number of rotatable bonds is 6. The van der Waals surface area contributed by atoms with E-state index in [1.165, 1.54) is 0 Å². The van der Waals surface area contributed by atoms with E-state index >= 15 is 0 Å². The molecule has 28 heavy (non-hydrogen) atoms. The molecular formula is C23H23NO4. The highest BCUT2D eigenvalue weighted by Crippen LogP contribution is 2.38. The van der Waals surface area contributed by atoms with Gasteiger partial charge in [0.05, 0.1) is 17.0 Å². The third kappa shape index (κ3) is 3.12. The summed E-state index contributed by atoms with van der Waals surface area (Å²) < 4.78 is 11.3. The molecule has 1 aliphatic heterocycles. The van der Waals surface area contributed by atoms with Crippen molar-refractivity contribution in [1.82, 2.24) is 4.90 Å². The summed E-state index contributed by atoms with van der Waals surface area (Å²) in [5.41, 5.74) is 2.78. The molecular weight excluding hydrogens is 354 g/mol. The van der Waals surface area contributed by atoms with Crippen molar-refractivity contribution < 1.29 is 13.9 Å². The van der Waals surface area contributed by atoms with Gasteiger partial charge in [0, 0.05) is 19.8 Å². The second kappa shape index (κ2) is 7.60. The minimum absolute atomic E-state index is 0.136. The lowest BCUT2D eigenvalue weighted by Gasteiger charge is -2.25. The summed E-state index contributed by atoms with van der Waals surface area (Å²) in [6.07, 6.45) is 0.698. The molecule has 1 aromatic heterocycles. The van der Waals surface area contributed by atoms with Crippen LogP contribution in [0.4, 0.5) is 0 Å². The Balaban J connectivity index is 1.84. The van der Waals surface area contributed by atoms with Gasteiger partial charge in [0.1, 0.15) is 5.58 Å². The molecule has 5 nitrogen and oxygen atoms in total. The smallest absolute Gasteiger partial charge is 0.290 e. The van der Waals surface area contributed by atoms with Crippen molar-refractivity contribution in [2.75, 3.05) is 19.8 Å². The molecule has 2 aromatic carbocycles. The molecule has 0 radical (unpaired) electrons. The van der Waals surface area contributed by atoms with Crippen LogP contribution >= 0.6 is 0 Å². The second-order valence-electron chi connectivity index (χ2n) is 7.03. The highest BCUT2D eigenvalue weighted by atomic mass is 16.5. The molecule has 2 heterocycles. The number of fused-ring (bicyclic) bond motifs is 2. The number of carbonyl (C=O) groups is 1. The van der Waals surface area contributed by atoms with Gasteiger partial charge in [-0.2, -0.15) is 0 Å². The van der Waals surface area contributed by atoms with Crippen LogP contribution in [0.3, 0.4) is 0 Å². The van der Waals surface area contributed by atoms with Crippen LogP contribution in [-0.4, -0.2) is 30.6 Å². The van der Waals surface area contributed by atoms with Crippen molar-refractivity contribution in [3.05, 3.63) is 81.2 Å². The third-order valence-corrected chi connectivity index (χ3v) is 5.16. The summed E-state index contributed by atoms with van der Waals surface area (Å²) in [4.78, 5) is 28.2. The molecule has 1 amide bonds. The lowest BCUT2D eigenvalue weighted by atomic mass is 9.97. The molecule has 0 saturated heterocycles. The molecule has 3 aromatic rings. The zero-order valence-corrected chi connectivity index (χ0v) is 16.1. The van der Waals surface area contributed by atoms with Crippen LogP contribution in [0.15, 0.2) is 57.7 Å². The summed E-state index contributed by atoms with van der Waals surface area (Å²) in [6, 6.07) is 14.6. The van der Waals surface area contributed by atoms with Gasteiger partial charge in [-0.25, -0.2) is 0 Å². The molecule has 1 atom stereocenters. The van der Waals surface area contributed by atoms with E-state index in [-0.39, 0.29) is 17.1 Å². The fourth-order valence-corrected chi connectivity index (χ4v) is 3.77. The molecule has 5 heteroatoms. The summed E-state index contributed by atoms with van der Waals surface area (Å²) in [5.74, 6) is -0.0781. The van der Waals surface area contributed by atoms with E-state index in [9.17, 15) is 9.59 Å². The van der Waals surface area contributed by atoms with E-state index in [0.717, 1.165) is 11.1 Å². The topological polar surface area (TPSA) is 59.8 Å². The van der Waals surface area contributed by atoms with Gasteiger partial charge in [0.15, 0.2) is 5.43 Å². The Kier molecular flexibility index (Phi) is 5.01. The number of hydrogen-bond donors (Lipinski definition) is 0. The predicted octanol–water partition coefficient (Wildman–Crippen LogP) is 4.07. The molecule has 144 valence electrons. The Labute approximate surface area is 163 Å². The third-order valence-electron chi connectivity index (χ3n) is 5.16. The lowest BCUT2D eigenvalue weighted by molar-refractivity contribution is 0.0696. The Morgan fingerprint density at radius 1 is 1.07 bits per heavy atom. The van der Waals surface area contributed by atoms with Gasteiger partial charge < -0.3 is 14.1 Å². The van der Waals surface area contributed by atoms with E-state index in [0.29, 0.717) is 42.7 Å². The first-order valence-corrected chi connectivity index (χ1v) is 9.63. The van der Waals surface area contributed by atoms with Crippen LogP contribution in [0.5, 0.6) is 0 Å². The number of para-hydroxylation sites is 1. The first-order valence-electron chi connectivity index (χ1n) is 9.63. The summed E-state index contributed by atoms with van der Waals surface area (Å²) >= 11 is 0. The number of nitrogens with zero attached hydrogens (tertiary/aromatic N) is 1. The maximum atomic E-state index is 13.3. The highest BCUT2D eigenvalue weighted by Gasteiger charge is 2.42. The van der Waals surface area contributed by atoms with E-state index in [2.05, 4.69) is 0 Å². The number of ether oxygens (including phenoxy) is 1. The predicted molar refractivity (Wildman–Crippen MR) is 108 cm³/mol. The Hall–Kier alpha value is -2.92. The minimum atomic E-state index is -0.439. The van der Waals surface area contributed by atoms with Gasteiger partial charge in [-0.05, 0) is 38.0 Å². The summed E-state index contributed by atoms with van der Waals surface area (Å²) in [5, 5.41) is 0.502. The van der Waals surface area contributed by atoms with Crippen molar-refractivity contribution in [1.29, 1.82) is 0 Å². The Morgan fingerprint density at radius 3 is 2.57 bits per heavy atom. The Bertz CT molecular complexity index is 1070. The number of aryl methyl sites for hydroxylation is 1. The maximum absolute atomic E-state index is 13.3. The average Bonchev–Trinajstić information content (AvgIpc) is 2.98. The van der Waals surface area contributed by atoms with Gasteiger partial charge >= 0.3 is 0 Å². The van der Waals surface area contributed by atoms with Gasteiger partial charge in [-0.15, -0.1) is 0 Å². The molecule has 1 aliphatic rings. The molecule has 0 saturated carbocycles. The van der Waals surface area contributed by atoms with Crippen molar-refractivity contribution in [3.63, 3.8) is 0 Å². The van der Waals surface area contributed by atoms with Gasteiger partial charge in [-0.1, -0.05) is 42.0 Å². The quantitative estimate of drug-likeness (QED) is 0.608. The highest BCUT2D eigenvalue weighted by molar-refractivity contribution is 5.99. The molecule has 0 N–H and O–H groups in total. The zero-order valence-electron chi connectivity index (χ0n) is 16.1. The number of carbonyl (C=O) groups excluding carboxylic acids is 1. The molecule has 0 aliphatic carbocycles. The number of hydrogen-bond acceptors (Lipinski definition) is 4. The van der Waals surface area contributed by atoms with E-state index in [1.54, 1.807) is 23.1 Å². The van der Waals surface area contributed by atoms with Gasteiger partial charge in [0.2, 0.25) is 5.76 Å². The standard InChI is InChI=1S/C23H23NO4/c1-3-27-14-6-13-24-20(16-11-9-15(2)10-12-16)19-21(25)17-7-4-5-8-18(17)28-22(19)23(24)26/h4-5,7-12,20H,3,6,13-14H2,1-2H3. The SMILES string of the molecule is CCOCCCN1C(=O)c2oc3ccccc3c(=O)c2C1c1ccc(C)cc1. The van der Waals surface area contributed by atoms with Crippen molar-refractivity contribution >= 4 is 16.9 Å². The van der Waals surface area contributed by atoms with Crippen LogP contribution < -0.4 is 5.43 Å². The van der Waals surface area contributed by atoms with E-state index in [1.807, 2.05) is 44.2 Å². The Morgan fingerprint density at radius 2 is 1.82 bits per heavy atom. The molecule has 0 spiro atoms. The van der Waals surface area contributed by atoms with Crippen LogP contribution in [0.1, 0.15) is 46.6 Å². The molecule has 0 bridgehead atoms. The van der Waals surface area contributed by atoms with Gasteiger partial charge in [-0.3, -0.25) is 9.59 Å².